The summed E-state index contributed by atoms with van der Waals surface area (Å²) in [7, 11) is 0. The lowest BCUT2D eigenvalue weighted by Gasteiger charge is -2.48. The molecule has 0 radical (unpaired) electrons. The Morgan fingerprint density at radius 3 is 2.20 bits per heavy atom. The molecule has 0 bridgehead atoms. The average Bonchev–Trinajstić information content (AvgIpc) is 2.97. The molecule has 4 heterocycles. The van der Waals surface area contributed by atoms with Crippen molar-refractivity contribution in [2.45, 2.75) is 57.5 Å². The Bertz CT molecular complexity index is 1290. The highest BCUT2D eigenvalue weighted by Crippen LogP contribution is 2.42. The fourth-order valence-electron chi connectivity index (χ4n) is 6.36. The number of piperidine rings is 3. The van der Waals surface area contributed by atoms with Crippen molar-refractivity contribution >= 4 is 41.1 Å². The van der Waals surface area contributed by atoms with Crippen molar-refractivity contribution in [3.63, 3.8) is 0 Å². The van der Waals surface area contributed by atoms with Crippen LogP contribution in [0.2, 0.25) is 5.02 Å². The number of alkyl halides is 5. The molecule has 4 amide bonds. The van der Waals surface area contributed by atoms with E-state index >= 15 is 0 Å². The summed E-state index contributed by atoms with van der Waals surface area (Å²) < 4.78 is 60.3. The van der Waals surface area contributed by atoms with E-state index in [2.05, 4.69) is 15.5 Å². The van der Waals surface area contributed by atoms with Gasteiger partial charge in [0.1, 0.15) is 0 Å². The molecule has 4 aliphatic rings. The van der Waals surface area contributed by atoms with Gasteiger partial charge in [0, 0.05) is 44.1 Å². The molecular weight excluding hydrogens is 629 g/mol. The summed E-state index contributed by atoms with van der Waals surface area (Å²) in [5.74, 6) is -6.41. The van der Waals surface area contributed by atoms with Gasteiger partial charge in [0.2, 0.25) is 5.91 Å². The fraction of sp³-hybridized carbons (Fsp3) is 0.655. The highest BCUT2D eigenvalue weighted by Gasteiger charge is 2.44. The van der Waals surface area contributed by atoms with Crippen molar-refractivity contribution in [2.75, 3.05) is 57.3 Å². The molecular formula is C29H37ClF5N5O5. The number of carboxylic acid groups (broad SMARTS) is 1. The van der Waals surface area contributed by atoms with Crippen LogP contribution < -0.4 is 15.5 Å². The van der Waals surface area contributed by atoms with Crippen LogP contribution in [0.4, 0.5) is 32.4 Å². The van der Waals surface area contributed by atoms with Crippen LogP contribution >= 0.6 is 11.6 Å². The number of imide groups is 1. The second-order valence-electron chi connectivity index (χ2n) is 12.2. The number of nitrogens with one attached hydrogen (secondary N) is 2. The maximum atomic E-state index is 14.3. The monoisotopic (exact) mass is 665 g/mol. The number of urea groups is 1. The van der Waals surface area contributed by atoms with Crippen LogP contribution in [-0.4, -0.2) is 103 Å². The number of aryl methyl sites for hydroxylation is 1. The first-order valence-electron chi connectivity index (χ1n) is 14.8. The standard InChI is InChI=1S/C27H36ClF2N5O3.C2HF3O2/c1-18-14-19(15-21(23(18)28)35-9-3-22(36)32-25(35)38)24(37)34-12-6-26(7-13-34)4-10-33(11-5-26)16-20-2-8-31-17-27(20,29)30;3-2(4,5)1(6)7/h14-15,20,31H,2-13,16-17H2,1H3,(H,32,36,38);(H,6,7)/t20-;/m1./s1. The topological polar surface area (TPSA) is 122 Å². The van der Waals surface area contributed by atoms with Crippen molar-refractivity contribution in [1.29, 1.82) is 0 Å². The molecule has 0 saturated carbocycles. The first-order chi connectivity index (χ1) is 21.0. The van der Waals surface area contributed by atoms with E-state index in [1.54, 1.807) is 19.1 Å². The van der Waals surface area contributed by atoms with E-state index < -0.39 is 30.0 Å². The van der Waals surface area contributed by atoms with Gasteiger partial charge in [-0.25, -0.2) is 18.4 Å². The number of carbonyl (C=O) groups is 4. The summed E-state index contributed by atoms with van der Waals surface area (Å²) in [6.45, 7) is 5.83. The molecule has 4 fully saturated rings. The van der Waals surface area contributed by atoms with Gasteiger partial charge in [-0.1, -0.05) is 11.6 Å². The van der Waals surface area contributed by atoms with Crippen molar-refractivity contribution in [2.24, 2.45) is 11.3 Å². The highest BCUT2D eigenvalue weighted by atomic mass is 35.5. The van der Waals surface area contributed by atoms with Crippen LogP contribution in [0.5, 0.6) is 0 Å². The van der Waals surface area contributed by atoms with Crippen LogP contribution in [0, 0.1) is 18.3 Å². The van der Waals surface area contributed by atoms with E-state index in [-0.39, 0.29) is 36.7 Å². The van der Waals surface area contributed by atoms with E-state index in [1.807, 2.05) is 4.90 Å². The highest BCUT2D eigenvalue weighted by molar-refractivity contribution is 6.35. The molecule has 5 rings (SSSR count). The lowest BCUT2D eigenvalue weighted by molar-refractivity contribution is -0.192. The number of benzene rings is 1. The van der Waals surface area contributed by atoms with Gasteiger partial charge in [-0.15, -0.1) is 0 Å². The zero-order chi connectivity index (χ0) is 33.2. The molecule has 1 aromatic carbocycles. The predicted octanol–water partition coefficient (Wildman–Crippen LogP) is 4.29. The number of rotatable bonds is 4. The quantitative estimate of drug-likeness (QED) is 0.411. The van der Waals surface area contributed by atoms with Crippen LogP contribution in [0.3, 0.4) is 0 Å². The molecule has 0 aromatic heterocycles. The molecule has 16 heteroatoms. The minimum Gasteiger partial charge on any atom is -0.475 e. The molecule has 1 aromatic rings. The van der Waals surface area contributed by atoms with Gasteiger partial charge in [-0.3, -0.25) is 19.8 Å². The number of hydrogen-bond donors (Lipinski definition) is 3. The minimum atomic E-state index is -5.08. The van der Waals surface area contributed by atoms with Crippen molar-refractivity contribution < 1.29 is 46.2 Å². The van der Waals surface area contributed by atoms with Gasteiger partial charge in [-0.05, 0) is 81.8 Å². The number of likely N-dealkylation sites (tertiary alicyclic amines) is 2. The summed E-state index contributed by atoms with van der Waals surface area (Å²) in [6.07, 6.45) is -0.668. The maximum Gasteiger partial charge on any atom is 0.490 e. The van der Waals surface area contributed by atoms with Crippen molar-refractivity contribution in [3.05, 3.63) is 28.3 Å². The average molecular weight is 666 g/mol. The molecule has 250 valence electrons. The van der Waals surface area contributed by atoms with Crippen molar-refractivity contribution in [3.8, 4) is 0 Å². The number of amides is 4. The third-order valence-corrected chi connectivity index (χ3v) is 9.70. The van der Waals surface area contributed by atoms with E-state index in [0.717, 1.165) is 38.8 Å². The smallest absolute Gasteiger partial charge is 0.475 e. The van der Waals surface area contributed by atoms with E-state index in [4.69, 9.17) is 21.5 Å². The van der Waals surface area contributed by atoms with Gasteiger partial charge >= 0.3 is 18.2 Å². The largest absolute Gasteiger partial charge is 0.490 e. The number of carbonyl (C=O) groups excluding carboxylic acids is 3. The number of aliphatic carboxylic acids is 1. The fourth-order valence-corrected chi connectivity index (χ4v) is 6.58. The third-order valence-electron chi connectivity index (χ3n) is 9.20. The van der Waals surface area contributed by atoms with E-state index in [1.165, 1.54) is 4.90 Å². The van der Waals surface area contributed by atoms with Crippen LogP contribution in [0.25, 0.3) is 0 Å². The second kappa shape index (κ2) is 13.8. The van der Waals surface area contributed by atoms with Gasteiger partial charge < -0.3 is 20.2 Å². The zero-order valence-electron chi connectivity index (χ0n) is 24.8. The molecule has 0 unspecified atom stereocenters. The molecule has 45 heavy (non-hydrogen) atoms. The molecule has 10 nitrogen and oxygen atoms in total. The molecule has 4 aliphatic heterocycles. The van der Waals surface area contributed by atoms with E-state index in [9.17, 15) is 36.3 Å². The molecule has 1 atom stereocenters. The first-order valence-corrected chi connectivity index (χ1v) is 15.2. The Morgan fingerprint density at radius 2 is 1.64 bits per heavy atom. The summed E-state index contributed by atoms with van der Waals surface area (Å²) in [5.41, 5.74) is 1.75. The normalized spacial score (nSPS) is 23.7. The van der Waals surface area contributed by atoms with Gasteiger partial charge in [0.05, 0.1) is 17.3 Å². The number of nitrogens with zero attached hydrogens (tertiary/aromatic N) is 3. The first kappa shape index (κ1) is 34.8. The van der Waals surface area contributed by atoms with Crippen molar-refractivity contribution in [1.82, 2.24) is 20.4 Å². The Balaban J connectivity index is 0.000000591. The number of hydrogen-bond acceptors (Lipinski definition) is 6. The number of halogens is 6. The maximum absolute atomic E-state index is 14.3. The number of carboxylic acids is 1. The molecule has 3 N–H and O–H groups in total. The van der Waals surface area contributed by atoms with Gasteiger partial charge in [-0.2, -0.15) is 13.2 Å². The Labute approximate surface area is 262 Å². The summed E-state index contributed by atoms with van der Waals surface area (Å²) >= 11 is 6.50. The second-order valence-corrected chi connectivity index (χ2v) is 12.6. The van der Waals surface area contributed by atoms with Crippen LogP contribution in [0.1, 0.15) is 54.4 Å². The summed E-state index contributed by atoms with van der Waals surface area (Å²) in [5, 5.41) is 12.6. The Kier molecular flexibility index (Phi) is 10.6. The molecule has 1 spiro atoms. The third kappa shape index (κ3) is 8.41. The lowest BCUT2D eigenvalue weighted by atomic mass is 9.71. The Morgan fingerprint density at radius 1 is 1.04 bits per heavy atom. The lowest BCUT2D eigenvalue weighted by Crippen LogP contribution is -2.53. The zero-order valence-corrected chi connectivity index (χ0v) is 25.6. The minimum absolute atomic E-state index is 0.0973. The summed E-state index contributed by atoms with van der Waals surface area (Å²) in [4.78, 5) is 51.8. The Hall–Kier alpha value is -3.04. The van der Waals surface area contributed by atoms with E-state index in [0.29, 0.717) is 54.4 Å². The van der Waals surface area contributed by atoms with Gasteiger partial charge in [0.25, 0.3) is 11.8 Å². The molecule has 4 saturated heterocycles. The summed E-state index contributed by atoms with van der Waals surface area (Å²) in [6, 6.07) is 2.86. The SMILES string of the molecule is Cc1cc(C(=O)N2CCC3(CCN(C[C@H]4CCNCC4(F)F)CC3)CC2)cc(N2CCC(=O)NC2=O)c1Cl.O=C(O)C(F)(F)F. The number of anilines is 1. The predicted molar refractivity (Wildman–Crippen MR) is 155 cm³/mol. The molecule has 0 aliphatic carbocycles. The van der Waals surface area contributed by atoms with Crippen LogP contribution in [-0.2, 0) is 9.59 Å². The van der Waals surface area contributed by atoms with Gasteiger partial charge in [0.15, 0.2) is 0 Å². The van der Waals surface area contributed by atoms with Crippen LogP contribution in [0.15, 0.2) is 12.1 Å².